The van der Waals surface area contributed by atoms with Gasteiger partial charge in [0.05, 0.1) is 34.9 Å². The van der Waals surface area contributed by atoms with Crippen molar-refractivity contribution in [3.05, 3.63) is 87.6 Å². The Labute approximate surface area is 307 Å². The standard InChI is InChI=1S/C38H46BF3N6O5/c1-7-30(39-52-29-17-24-16-28(35(24,3)4)37(29,6)53-39)46-31(49)27-18-36(5,47-34(51)45-25-13-11-21(2)12-14-25)33-44-20-26(32(50)48(27)33)43-19-22-9-8-10-23(15-22)38(40,41)42/h8-15,20,24,27-30,43H,7,16-19H2,1-6H3,(H,46,49)(H2,45,47,51)/t24-,27?,28-,29+,30-,36?,37-/m0/s1. The molecular weight excluding hydrogens is 688 g/mol. The average Bonchev–Trinajstić information content (AvgIpc) is 3.61. The van der Waals surface area contributed by atoms with Crippen LogP contribution < -0.4 is 26.8 Å². The number of aromatic nitrogens is 2. The summed E-state index contributed by atoms with van der Waals surface area (Å²) < 4.78 is 54.5. The molecule has 0 spiro atoms. The van der Waals surface area contributed by atoms with Crippen molar-refractivity contribution in [2.45, 2.75) is 109 Å². The number of hydrogen-bond donors (Lipinski definition) is 4. The van der Waals surface area contributed by atoms with Gasteiger partial charge in [0.25, 0.3) is 5.56 Å². The van der Waals surface area contributed by atoms with Crippen LogP contribution in [0.2, 0.25) is 0 Å². The summed E-state index contributed by atoms with van der Waals surface area (Å²) in [7, 11) is -0.685. The molecule has 7 atom stereocenters. The summed E-state index contributed by atoms with van der Waals surface area (Å²) in [6.45, 7) is 12.1. The van der Waals surface area contributed by atoms with E-state index >= 15 is 0 Å². The summed E-state index contributed by atoms with van der Waals surface area (Å²) in [5.41, 5.74) is -1.13. The molecule has 4 fully saturated rings. The number of carbonyl (C=O) groups is 2. The van der Waals surface area contributed by atoms with Crippen molar-refractivity contribution in [1.82, 2.24) is 20.2 Å². The number of fused-ring (bicyclic) bond motifs is 1. The monoisotopic (exact) mass is 734 g/mol. The number of nitrogens with one attached hydrogen (secondary N) is 4. The van der Waals surface area contributed by atoms with Crippen LogP contribution in [0.4, 0.5) is 29.3 Å². The fourth-order valence-electron chi connectivity index (χ4n) is 8.99. The highest BCUT2D eigenvalue weighted by Crippen LogP contribution is 2.65. The molecule has 2 aliphatic heterocycles. The highest BCUT2D eigenvalue weighted by Gasteiger charge is 2.68. The highest BCUT2D eigenvalue weighted by atomic mass is 19.4. The Kier molecular flexibility index (Phi) is 9.20. The van der Waals surface area contributed by atoms with Gasteiger partial charge in [-0.15, -0.1) is 0 Å². The molecule has 3 heterocycles. The predicted octanol–water partition coefficient (Wildman–Crippen LogP) is 6.33. The van der Waals surface area contributed by atoms with Crippen molar-refractivity contribution in [2.24, 2.45) is 17.3 Å². The molecule has 4 N–H and O–H groups in total. The third kappa shape index (κ3) is 6.60. The van der Waals surface area contributed by atoms with E-state index in [1.807, 2.05) is 26.0 Å². The van der Waals surface area contributed by atoms with Gasteiger partial charge >= 0.3 is 19.3 Å². The van der Waals surface area contributed by atoms with Crippen LogP contribution in [-0.2, 0) is 32.4 Å². The SMILES string of the molecule is CC[C@H](NC(=O)C1CC(C)(NC(=O)Nc2ccc(C)cc2)c2ncc(NCc3cccc(C(F)(F)F)c3)c(=O)n21)B1O[C@@H]2C[C@@H]3C[C@@H](C3(C)C)[C@]2(C)O1. The number of hydrogen-bond acceptors (Lipinski definition) is 7. The Morgan fingerprint density at radius 3 is 2.51 bits per heavy atom. The molecule has 11 nitrogen and oxygen atoms in total. The van der Waals surface area contributed by atoms with E-state index in [2.05, 4.69) is 47.0 Å². The first-order valence-corrected chi connectivity index (χ1v) is 18.2. The van der Waals surface area contributed by atoms with E-state index < -0.39 is 59.5 Å². The zero-order valence-electron chi connectivity index (χ0n) is 30.8. The first kappa shape index (κ1) is 37.0. The quantitative estimate of drug-likeness (QED) is 0.189. The summed E-state index contributed by atoms with van der Waals surface area (Å²) in [6.07, 6.45) is -0.851. The second-order valence-corrected chi connectivity index (χ2v) is 16.1. The molecule has 2 aromatic carbocycles. The van der Waals surface area contributed by atoms with Gasteiger partial charge in [0.1, 0.15) is 17.6 Å². The van der Waals surface area contributed by atoms with Crippen LogP contribution in [0.3, 0.4) is 0 Å². The molecule has 1 saturated heterocycles. The topological polar surface area (TPSA) is 136 Å². The Hall–Kier alpha value is -4.37. The van der Waals surface area contributed by atoms with E-state index in [1.54, 1.807) is 19.1 Å². The second kappa shape index (κ2) is 13.2. The van der Waals surface area contributed by atoms with Crippen molar-refractivity contribution in [3.8, 4) is 0 Å². The van der Waals surface area contributed by atoms with E-state index in [0.717, 1.165) is 30.5 Å². The lowest BCUT2D eigenvalue weighted by Crippen LogP contribution is -2.65. The molecule has 15 heteroatoms. The maximum atomic E-state index is 14.3. The van der Waals surface area contributed by atoms with Gasteiger partial charge in [-0.2, -0.15) is 13.2 Å². The minimum absolute atomic E-state index is 0.000567. The lowest BCUT2D eigenvalue weighted by molar-refractivity contribution is -0.199. The molecular formula is C38H46BF3N6O5. The largest absolute Gasteiger partial charge is 0.481 e. The smallest absolute Gasteiger partial charge is 0.404 e. The van der Waals surface area contributed by atoms with Crippen molar-refractivity contribution < 1.29 is 32.1 Å². The predicted molar refractivity (Wildman–Crippen MR) is 194 cm³/mol. The number of carbonyl (C=O) groups excluding carboxylic acids is 2. The maximum Gasteiger partial charge on any atom is 0.481 e. The van der Waals surface area contributed by atoms with Gasteiger partial charge in [-0.1, -0.05) is 50.6 Å². The Morgan fingerprint density at radius 2 is 1.83 bits per heavy atom. The molecule has 53 heavy (non-hydrogen) atoms. The van der Waals surface area contributed by atoms with Gasteiger partial charge in [0.2, 0.25) is 5.91 Å². The van der Waals surface area contributed by atoms with E-state index in [1.165, 1.54) is 22.9 Å². The van der Waals surface area contributed by atoms with E-state index in [0.29, 0.717) is 29.5 Å². The Bertz CT molecular complexity index is 1970. The molecule has 3 saturated carbocycles. The minimum Gasteiger partial charge on any atom is -0.404 e. The van der Waals surface area contributed by atoms with Crippen LogP contribution in [0.1, 0.15) is 88.9 Å². The third-order valence-corrected chi connectivity index (χ3v) is 12.2. The van der Waals surface area contributed by atoms with Gasteiger partial charge in [-0.3, -0.25) is 14.2 Å². The number of alkyl halides is 3. The van der Waals surface area contributed by atoms with Crippen LogP contribution in [0, 0.1) is 24.2 Å². The van der Waals surface area contributed by atoms with Gasteiger partial charge < -0.3 is 30.6 Å². The molecule has 3 amide bonds. The normalized spacial score (nSPS) is 28.7. The summed E-state index contributed by atoms with van der Waals surface area (Å²) in [4.78, 5) is 46.4. The number of halogens is 3. The van der Waals surface area contributed by atoms with Gasteiger partial charge in [-0.25, -0.2) is 9.78 Å². The molecule has 2 unspecified atom stereocenters. The summed E-state index contributed by atoms with van der Waals surface area (Å²) in [5, 5.41) is 11.7. The number of nitrogens with zero attached hydrogens (tertiary/aromatic N) is 2. The molecule has 282 valence electrons. The fourth-order valence-corrected chi connectivity index (χ4v) is 8.99. The maximum absolute atomic E-state index is 14.3. The van der Waals surface area contributed by atoms with Crippen molar-refractivity contribution in [2.75, 3.05) is 10.6 Å². The summed E-state index contributed by atoms with van der Waals surface area (Å²) in [5.74, 6) is 0.0561. The molecule has 1 aromatic heterocycles. The molecule has 5 aliphatic rings. The number of urea groups is 1. The van der Waals surface area contributed by atoms with Gasteiger partial charge in [0, 0.05) is 18.7 Å². The van der Waals surface area contributed by atoms with Crippen LogP contribution in [0.5, 0.6) is 0 Å². The molecule has 8 rings (SSSR count). The zero-order valence-corrected chi connectivity index (χ0v) is 30.8. The second-order valence-electron chi connectivity index (χ2n) is 16.1. The highest BCUT2D eigenvalue weighted by molar-refractivity contribution is 6.47. The first-order valence-electron chi connectivity index (χ1n) is 18.2. The molecule has 0 radical (unpaired) electrons. The summed E-state index contributed by atoms with van der Waals surface area (Å²) in [6, 6.07) is 10.4. The van der Waals surface area contributed by atoms with Crippen molar-refractivity contribution in [3.63, 3.8) is 0 Å². The van der Waals surface area contributed by atoms with Crippen LogP contribution in [-0.4, -0.2) is 46.3 Å². The van der Waals surface area contributed by atoms with Gasteiger partial charge in [-0.05, 0) is 87.1 Å². The van der Waals surface area contributed by atoms with Crippen LogP contribution >= 0.6 is 0 Å². The Morgan fingerprint density at radius 1 is 1.09 bits per heavy atom. The number of benzene rings is 2. The lowest BCUT2D eigenvalue weighted by atomic mass is 9.43. The van der Waals surface area contributed by atoms with E-state index in [9.17, 15) is 27.6 Å². The van der Waals surface area contributed by atoms with E-state index in [4.69, 9.17) is 9.31 Å². The average molecular weight is 735 g/mol. The van der Waals surface area contributed by atoms with E-state index in [-0.39, 0.29) is 36.0 Å². The minimum atomic E-state index is -4.52. The number of rotatable bonds is 9. The summed E-state index contributed by atoms with van der Waals surface area (Å²) >= 11 is 0. The lowest BCUT2D eigenvalue weighted by Gasteiger charge is -2.64. The van der Waals surface area contributed by atoms with Gasteiger partial charge in [0.15, 0.2) is 0 Å². The fraction of sp³-hybridized carbons (Fsp3) is 0.526. The third-order valence-electron chi connectivity index (χ3n) is 12.2. The molecule has 3 aliphatic carbocycles. The molecule has 3 aromatic rings. The van der Waals surface area contributed by atoms with Crippen molar-refractivity contribution >= 4 is 30.4 Å². The first-order chi connectivity index (χ1) is 24.9. The molecule has 2 bridgehead atoms. The number of aryl methyl sites for hydroxylation is 1. The van der Waals surface area contributed by atoms with Crippen molar-refractivity contribution in [1.29, 1.82) is 0 Å². The number of amides is 3. The van der Waals surface area contributed by atoms with Crippen LogP contribution in [0.15, 0.2) is 59.5 Å². The zero-order chi connectivity index (χ0) is 38.1. The van der Waals surface area contributed by atoms with Crippen LogP contribution in [0.25, 0.3) is 0 Å². The Balaban J connectivity index is 1.14. The number of anilines is 2.